The number of unbranched alkanes of at least 4 members (excludes halogenated alkanes) is 2. The highest BCUT2D eigenvalue weighted by Crippen LogP contribution is 2.34. The van der Waals surface area contributed by atoms with Crippen molar-refractivity contribution in [2.75, 3.05) is 0 Å². The van der Waals surface area contributed by atoms with Gasteiger partial charge in [-0.1, -0.05) is 37.8 Å². The molecule has 2 rings (SSSR count). The zero-order valence-corrected chi connectivity index (χ0v) is 11.1. The molecule has 17 heavy (non-hydrogen) atoms. The Morgan fingerprint density at radius 1 is 1.06 bits per heavy atom. The van der Waals surface area contributed by atoms with E-state index in [-0.39, 0.29) is 0 Å². The van der Waals surface area contributed by atoms with Crippen LogP contribution in [0, 0.1) is 0 Å². The van der Waals surface area contributed by atoms with Gasteiger partial charge in [-0.05, 0) is 56.1 Å². The molecule has 0 bridgehead atoms. The van der Waals surface area contributed by atoms with E-state index in [2.05, 4.69) is 13.0 Å². The van der Waals surface area contributed by atoms with Crippen molar-refractivity contribution < 1.29 is 4.79 Å². The topological polar surface area (TPSA) is 17.1 Å². The normalized spacial score (nSPS) is 23.8. The third-order valence-electron chi connectivity index (χ3n) is 4.04. The maximum absolute atomic E-state index is 12.3. The fraction of sp³-hybridized carbons (Fsp3) is 0.688. The second-order valence-corrected chi connectivity index (χ2v) is 5.34. The van der Waals surface area contributed by atoms with Gasteiger partial charge in [-0.2, -0.15) is 0 Å². The molecule has 2 aliphatic rings. The molecule has 2 fully saturated rings. The smallest absolute Gasteiger partial charge is 0.184 e. The molecule has 0 amide bonds. The Balaban J connectivity index is 2.03. The fourth-order valence-corrected chi connectivity index (χ4v) is 2.97. The van der Waals surface area contributed by atoms with Gasteiger partial charge in [0, 0.05) is 0 Å². The monoisotopic (exact) mass is 232 g/mol. The molecule has 0 aromatic heterocycles. The summed E-state index contributed by atoms with van der Waals surface area (Å²) in [6, 6.07) is 0. The molecule has 0 radical (unpaired) electrons. The van der Waals surface area contributed by atoms with Gasteiger partial charge < -0.3 is 0 Å². The summed E-state index contributed by atoms with van der Waals surface area (Å²) < 4.78 is 0. The van der Waals surface area contributed by atoms with E-state index in [1.54, 1.807) is 0 Å². The van der Waals surface area contributed by atoms with Gasteiger partial charge in [0.15, 0.2) is 5.78 Å². The summed E-state index contributed by atoms with van der Waals surface area (Å²) in [4.78, 5) is 12.3. The molecular formula is C16H24O. The summed E-state index contributed by atoms with van der Waals surface area (Å²) in [5, 5.41) is 0. The molecule has 0 N–H and O–H groups in total. The SMILES string of the molecule is CCCCC=C1CCC(=C2CCCCC2)C1=O. The Kier molecular flexibility index (Phi) is 4.58. The lowest BCUT2D eigenvalue weighted by atomic mass is 9.90. The quantitative estimate of drug-likeness (QED) is 0.508. The van der Waals surface area contributed by atoms with Crippen LogP contribution in [0.25, 0.3) is 0 Å². The second-order valence-electron chi connectivity index (χ2n) is 5.34. The molecule has 0 aromatic carbocycles. The van der Waals surface area contributed by atoms with Gasteiger partial charge in [-0.25, -0.2) is 0 Å². The van der Waals surface area contributed by atoms with Gasteiger partial charge in [-0.3, -0.25) is 4.79 Å². The summed E-state index contributed by atoms with van der Waals surface area (Å²) in [6.45, 7) is 2.20. The predicted octanol–water partition coefficient (Wildman–Crippen LogP) is 4.73. The summed E-state index contributed by atoms with van der Waals surface area (Å²) in [5.41, 5.74) is 3.78. The van der Waals surface area contributed by atoms with E-state index in [4.69, 9.17) is 0 Å². The van der Waals surface area contributed by atoms with Gasteiger partial charge >= 0.3 is 0 Å². The van der Waals surface area contributed by atoms with Gasteiger partial charge in [0.05, 0.1) is 0 Å². The lowest BCUT2D eigenvalue weighted by molar-refractivity contribution is -0.111. The van der Waals surface area contributed by atoms with E-state index < -0.39 is 0 Å². The van der Waals surface area contributed by atoms with E-state index in [1.807, 2.05) is 0 Å². The van der Waals surface area contributed by atoms with Gasteiger partial charge in [0.2, 0.25) is 0 Å². The van der Waals surface area contributed by atoms with Crippen molar-refractivity contribution in [1.82, 2.24) is 0 Å². The molecule has 1 nitrogen and oxygen atoms in total. The van der Waals surface area contributed by atoms with Crippen LogP contribution in [0.5, 0.6) is 0 Å². The van der Waals surface area contributed by atoms with Crippen LogP contribution in [0.2, 0.25) is 0 Å². The van der Waals surface area contributed by atoms with Gasteiger partial charge in [-0.15, -0.1) is 0 Å². The number of Topliss-reactive ketones (excluding diaryl/α,β-unsaturated/α-hetero) is 1. The molecule has 94 valence electrons. The average Bonchev–Trinajstić information content (AvgIpc) is 2.73. The zero-order valence-electron chi connectivity index (χ0n) is 11.1. The van der Waals surface area contributed by atoms with Crippen molar-refractivity contribution in [1.29, 1.82) is 0 Å². The lowest BCUT2D eigenvalue weighted by Gasteiger charge is -2.15. The van der Waals surface area contributed by atoms with Crippen molar-refractivity contribution in [2.45, 2.75) is 71.1 Å². The maximum Gasteiger partial charge on any atom is 0.184 e. The molecule has 0 saturated heterocycles. The first-order chi connectivity index (χ1) is 8.33. The van der Waals surface area contributed by atoms with Crippen molar-refractivity contribution in [2.24, 2.45) is 0 Å². The minimum atomic E-state index is 0.387. The highest BCUT2D eigenvalue weighted by molar-refractivity contribution is 6.11. The Labute approximate surface area is 105 Å². The molecule has 0 heterocycles. The highest BCUT2D eigenvalue weighted by atomic mass is 16.1. The van der Waals surface area contributed by atoms with Crippen LogP contribution in [-0.4, -0.2) is 5.78 Å². The number of allylic oxidation sites excluding steroid dienone is 4. The summed E-state index contributed by atoms with van der Waals surface area (Å²) in [6.07, 6.45) is 14.0. The number of rotatable bonds is 3. The molecular weight excluding hydrogens is 208 g/mol. The summed E-state index contributed by atoms with van der Waals surface area (Å²) in [7, 11) is 0. The van der Waals surface area contributed by atoms with Gasteiger partial charge in [0.1, 0.15) is 0 Å². The minimum Gasteiger partial charge on any atom is -0.289 e. The summed E-state index contributed by atoms with van der Waals surface area (Å²) >= 11 is 0. The Morgan fingerprint density at radius 3 is 2.53 bits per heavy atom. The van der Waals surface area contributed by atoms with E-state index >= 15 is 0 Å². The molecule has 2 saturated carbocycles. The average molecular weight is 232 g/mol. The van der Waals surface area contributed by atoms with Crippen LogP contribution in [0.1, 0.15) is 71.1 Å². The first-order valence-electron chi connectivity index (χ1n) is 7.27. The Morgan fingerprint density at radius 2 is 1.82 bits per heavy atom. The van der Waals surface area contributed by atoms with Crippen LogP contribution in [0.15, 0.2) is 22.8 Å². The van der Waals surface area contributed by atoms with E-state index in [0.717, 1.165) is 24.8 Å². The number of hydrogen-bond acceptors (Lipinski definition) is 1. The van der Waals surface area contributed by atoms with Crippen LogP contribution in [-0.2, 0) is 4.79 Å². The summed E-state index contributed by atoms with van der Waals surface area (Å²) in [5.74, 6) is 0.387. The lowest BCUT2D eigenvalue weighted by Crippen LogP contribution is -2.03. The molecule has 1 heteroatoms. The van der Waals surface area contributed by atoms with Gasteiger partial charge in [0.25, 0.3) is 0 Å². The molecule has 0 aromatic rings. The Bertz CT molecular complexity index is 339. The standard InChI is InChI=1S/C16H24O/c1-2-3-5-10-14-11-12-15(16(14)17)13-8-6-4-7-9-13/h10H,2-9,11-12H2,1H3. The number of carbonyl (C=O) groups is 1. The first-order valence-corrected chi connectivity index (χ1v) is 7.27. The van der Waals surface area contributed by atoms with Crippen molar-refractivity contribution >= 4 is 5.78 Å². The first kappa shape index (κ1) is 12.6. The maximum atomic E-state index is 12.3. The van der Waals surface area contributed by atoms with E-state index in [9.17, 15) is 4.79 Å². The molecule has 0 spiro atoms. The number of hydrogen-bond donors (Lipinski definition) is 0. The minimum absolute atomic E-state index is 0.387. The zero-order chi connectivity index (χ0) is 12.1. The predicted molar refractivity (Wildman–Crippen MR) is 72.0 cm³/mol. The number of carbonyl (C=O) groups excluding carboxylic acids is 1. The number of ketones is 1. The van der Waals surface area contributed by atoms with Crippen LogP contribution >= 0.6 is 0 Å². The third kappa shape index (κ3) is 3.08. The highest BCUT2D eigenvalue weighted by Gasteiger charge is 2.26. The van der Waals surface area contributed by atoms with E-state index in [1.165, 1.54) is 56.1 Å². The van der Waals surface area contributed by atoms with Crippen molar-refractivity contribution in [3.63, 3.8) is 0 Å². The fourth-order valence-electron chi connectivity index (χ4n) is 2.97. The second kappa shape index (κ2) is 6.18. The molecule has 0 atom stereocenters. The van der Waals surface area contributed by atoms with E-state index in [0.29, 0.717) is 5.78 Å². The van der Waals surface area contributed by atoms with Crippen LogP contribution in [0.4, 0.5) is 0 Å². The largest absolute Gasteiger partial charge is 0.289 e. The Hall–Kier alpha value is -0.850. The molecule has 0 unspecified atom stereocenters. The molecule has 2 aliphatic carbocycles. The van der Waals surface area contributed by atoms with Crippen LogP contribution in [0.3, 0.4) is 0 Å². The van der Waals surface area contributed by atoms with Crippen LogP contribution < -0.4 is 0 Å². The molecule has 0 aliphatic heterocycles. The van der Waals surface area contributed by atoms with Crippen molar-refractivity contribution in [3.8, 4) is 0 Å². The van der Waals surface area contributed by atoms with Crippen molar-refractivity contribution in [3.05, 3.63) is 22.8 Å². The third-order valence-corrected chi connectivity index (χ3v) is 4.04.